The van der Waals surface area contributed by atoms with Crippen LogP contribution in [0.25, 0.3) is 0 Å². The second-order valence-electron chi connectivity index (χ2n) is 6.40. The van der Waals surface area contributed by atoms with Crippen molar-refractivity contribution in [1.82, 2.24) is 0 Å². The van der Waals surface area contributed by atoms with E-state index in [1.54, 1.807) is 0 Å². The third-order valence-corrected chi connectivity index (χ3v) is 8.99. The first-order valence-corrected chi connectivity index (χ1v) is 10.0. The molecule has 3 atom stereocenters. The fraction of sp³-hybridized carbons (Fsp3) is 0.917. The van der Waals surface area contributed by atoms with E-state index in [0.29, 0.717) is 6.42 Å². The van der Waals surface area contributed by atoms with Crippen LogP contribution < -0.4 is 0 Å². The summed E-state index contributed by atoms with van der Waals surface area (Å²) < 4.78 is 16.6. The molecule has 0 spiro atoms. The fourth-order valence-electron chi connectivity index (χ4n) is 1.49. The quantitative estimate of drug-likeness (QED) is 0.313. The van der Waals surface area contributed by atoms with Gasteiger partial charge in [-0.25, -0.2) is 0 Å². The maximum absolute atomic E-state index is 11.1. The molecule has 0 N–H and O–H groups in total. The zero-order valence-corrected chi connectivity index (χ0v) is 15.1. The topological polar surface area (TPSA) is 44.8 Å². The van der Waals surface area contributed by atoms with E-state index in [1.165, 1.54) is 0 Å². The summed E-state index contributed by atoms with van der Waals surface area (Å²) in [6.45, 7) is 12.8. The van der Waals surface area contributed by atoms with Crippen molar-refractivity contribution >= 4 is 37.3 Å². The van der Waals surface area contributed by atoms with Crippen molar-refractivity contribution in [2.45, 2.75) is 64.6 Å². The lowest BCUT2D eigenvalue weighted by atomic mass is 9.96. The Morgan fingerprint density at radius 2 is 2.00 bits per heavy atom. The lowest BCUT2D eigenvalue weighted by Crippen LogP contribution is -2.49. The summed E-state index contributed by atoms with van der Waals surface area (Å²) in [7, 11) is -1.85. The lowest BCUT2D eigenvalue weighted by Gasteiger charge is -2.40. The predicted octanol–water partition coefficient (Wildman–Crippen LogP) is 3.65. The van der Waals surface area contributed by atoms with E-state index in [9.17, 15) is 4.79 Å². The lowest BCUT2D eigenvalue weighted by molar-refractivity contribution is -0.188. The number of halogens is 1. The molecule has 1 aliphatic heterocycles. The van der Waals surface area contributed by atoms with Gasteiger partial charge in [0.25, 0.3) is 0 Å². The number of carbonyl (C=O) groups is 1. The molecule has 0 aromatic rings. The van der Waals surface area contributed by atoms with Crippen LogP contribution in [0, 0.1) is 5.92 Å². The molecule has 1 heterocycles. The van der Waals surface area contributed by atoms with Crippen molar-refractivity contribution in [1.29, 1.82) is 0 Å². The van der Waals surface area contributed by atoms with Gasteiger partial charge in [-0.3, -0.25) is 7.86 Å². The van der Waals surface area contributed by atoms with E-state index in [2.05, 4.69) is 33.9 Å². The average Bonchev–Trinajstić information content (AvgIpc) is 2.25. The average molecular weight is 386 g/mol. The van der Waals surface area contributed by atoms with Gasteiger partial charge in [-0.2, -0.15) is 0 Å². The molecule has 1 saturated heterocycles. The van der Waals surface area contributed by atoms with Crippen molar-refractivity contribution in [3.8, 4) is 0 Å². The molecule has 1 fully saturated rings. The largest absolute Gasteiger partial charge is 0.461 e. The Morgan fingerprint density at radius 1 is 1.44 bits per heavy atom. The highest BCUT2D eigenvalue weighted by molar-refractivity contribution is 14.1. The second-order valence-corrected chi connectivity index (χ2v) is 11.7. The van der Waals surface area contributed by atoms with E-state index < -0.39 is 8.32 Å². The van der Waals surface area contributed by atoms with Gasteiger partial charge in [0.1, 0.15) is 29.1 Å². The molecule has 0 bridgehead atoms. The molecule has 0 aliphatic carbocycles. The van der Waals surface area contributed by atoms with E-state index in [1.807, 2.05) is 29.9 Å². The van der Waals surface area contributed by atoms with Gasteiger partial charge in [-0.15, -0.1) is 0 Å². The summed E-state index contributed by atoms with van der Waals surface area (Å²) in [5.74, 6) is -0.165. The van der Waals surface area contributed by atoms with Gasteiger partial charge < -0.3 is 9.16 Å². The predicted molar refractivity (Wildman–Crippen MR) is 80.8 cm³/mol. The van der Waals surface area contributed by atoms with Crippen LogP contribution in [0.5, 0.6) is 0 Å². The molecule has 0 aromatic heterocycles. The Morgan fingerprint density at radius 3 is 2.33 bits per heavy atom. The summed E-state index contributed by atoms with van der Waals surface area (Å²) in [5.41, 5.74) is 0. The van der Waals surface area contributed by atoms with E-state index in [4.69, 9.17) is 12.2 Å². The second kappa shape index (κ2) is 5.76. The number of carbonyl (C=O) groups excluding carboxylic acids is 1. The third kappa shape index (κ3) is 3.67. The minimum atomic E-state index is -1.85. The number of cyclic esters (lactones) is 1. The number of rotatable bonds is 5. The van der Waals surface area contributed by atoms with Crippen LogP contribution >= 0.6 is 23.0 Å². The summed E-state index contributed by atoms with van der Waals surface area (Å²) >= 11 is 1.86. The Bertz CT molecular complexity index is 314. The molecular weight excluding hydrogens is 363 g/mol. The van der Waals surface area contributed by atoms with Gasteiger partial charge in [-0.05, 0) is 25.1 Å². The smallest absolute Gasteiger partial charge is 0.312 e. The molecule has 0 amide bonds. The van der Waals surface area contributed by atoms with Gasteiger partial charge in [-0.1, -0.05) is 20.8 Å². The number of esters is 1. The molecule has 0 radical (unpaired) electrons. The normalized spacial score (nSPS) is 26.5. The first-order valence-electron chi connectivity index (χ1n) is 6.24. The van der Waals surface area contributed by atoms with E-state index in [0.717, 1.165) is 0 Å². The third-order valence-electron chi connectivity index (χ3n) is 3.95. The highest BCUT2D eigenvalue weighted by atomic mass is 127. The molecule has 0 aromatic carbocycles. The Balaban J connectivity index is 2.55. The van der Waals surface area contributed by atoms with Crippen LogP contribution in [-0.2, 0) is 17.0 Å². The minimum absolute atomic E-state index is 0.0398. The fourth-order valence-corrected chi connectivity index (χ4v) is 3.15. The molecule has 4 nitrogen and oxygen atoms in total. The van der Waals surface area contributed by atoms with Crippen molar-refractivity contribution < 1.29 is 17.0 Å². The Hall–Kier alpha value is 0.337. The van der Waals surface area contributed by atoms with Crippen LogP contribution in [-0.4, -0.2) is 26.7 Å². The van der Waals surface area contributed by atoms with Gasteiger partial charge in [0.2, 0.25) is 0 Å². The van der Waals surface area contributed by atoms with Crippen LogP contribution in [0.15, 0.2) is 0 Å². The minimum Gasteiger partial charge on any atom is -0.461 e. The van der Waals surface area contributed by atoms with Gasteiger partial charge in [0.15, 0.2) is 14.6 Å². The standard InChI is InChI=1S/C12H23IO4Si/c1-8-9(15-11(8)14)7-10(16-13)17-18(5,6)12(2,3)4/h8-10H,7H2,1-6H3/t8-,9-,10+/m1/s1. The molecule has 18 heavy (non-hydrogen) atoms. The summed E-state index contributed by atoms with van der Waals surface area (Å²) in [6.07, 6.45) is 0.247. The number of hydrogen-bond donors (Lipinski definition) is 0. The maximum atomic E-state index is 11.1. The van der Waals surface area contributed by atoms with Crippen molar-refractivity contribution in [2.75, 3.05) is 0 Å². The molecule has 106 valence electrons. The summed E-state index contributed by atoms with van der Waals surface area (Å²) in [4.78, 5) is 11.1. The molecule has 0 saturated carbocycles. The van der Waals surface area contributed by atoms with Gasteiger partial charge >= 0.3 is 5.97 Å². The molecule has 1 rings (SSSR count). The highest BCUT2D eigenvalue weighted by Crippen LogP contribution is 2.39. The molecule has 1 aliphatic rings. The Kier molecular flexibility index (Phi) is 5.25. The van der Waals surface area contributed by atoms with E-state index >= 15 is 0 Å². The Labute approximate surface area is 125 Å². The molecular formula is C12H23IO4Si. The number of hydrogen-bond acceptors (Lipinski definition) is 4. The summed E-state index contributed by atoms with van der Waals surface area (Å²) in [5, 5.41) is 0.141. The van der Waals surface area contributed by atoms with Crippen molar-refractivity contribution in [2.24, 2.45) is 5.92 Å². The monoisotopic (exact) mass is 386 g/mol. The van der Waals surface area contributed by atoms with Crippen LogP contribution in [0.4, 0.5) is 0 Å². The maximum Gasteiger partial charge on any atom is 0.312 e. The van der Waals surface area contributed by atoms with Crippen molar-refractivity contribution in [3.05, 3.63) is 0 Å². The zero-order valence-electron chi connectivity index (χ0n) is 12.0. The molecule has 6 heteroatoms. The van der Waals surface area contributed by atoms with Crippen LogP contribution in [0.1, 0.15) is 34.1 Å². The van der Waals surface area contributed by atoms with Gasteiger partial charge in [0, 0.05) is 6.42 Å². The molecule has 0 unspecified atom stereocenters. The highest BCUT2D eigenvalue weighted by Gasteiger charge is 2.44. The SMILES string of the molecule is C[C@H]1C(=O)O[C@@H]1C[C@@H](OI)O[Si](C)(C)C(C)(C)C. The first-order chi connectivity index (χ1) is 8.08. The van der Waals surface area contributed by atoms with Crippen LogP contribution in [0.3, 0.4) is 0 Å². The van der Waals surface area contributed by atoms with Crippen LogP contribution in [0.2, 0.25) is 18.1 Å². The first kappa shape index (κ1) is 16.4. The number of ether oxygens (including phenoxy) is 1. The zero-order chi connectivity index (χ0) is 14.1. The van der Waals surface area contributed by atoms with Gasteiger partial charge in [0.05, 0.1) is 5.92 Å². The van der Waals surface area contributed by atoms with E-state index in [-0.39, 0.29) is 29.3 Å². The summed E-state index contributed by atoms with van der Waals surface area (Å²) in [6, 6.07) is 0. The van der Waals surface area contributed by atoms with Crippen molar-refractivity contribution in [3.63, 3.8) is 0 Å².